The fourth-order valence-electron chi connectivity index (χ4n) is 2.94. The molecule has 1 aromatic heterocycles. The molecular weight excluding hydrogens is 396 g/mol. The van der Waals surface area contributed by atoms with Crippen LogP contribution in [0, 0.1) is 11.8 Å². The van der Waals surface area contributed by atoms with Gasteiger partial charge in [-0.2, -0.15) is 0 Å². The molecule has 0 aliphatic rings. The van der Waals surface area contributed by atoms with Crippen LogP contribution in [-0.2, 0) is 0 Å². The Morgan fingerprint density at radius 3 is 2.30 bits per heavy atom. The minimum atomic E-state index is -1.04. The number of nitrogens with zero attached hydrogens (tertiary/aromatic N) is 1. The molecule has 3 rings (SSSR count). The Morgan fingerprint density at radius 2 is 1.70 bits per heavy atom. The second-order valence-electron chi connectivity index (χ2n) is 6.85. The van der Waals surface area contributed by atoms with Gasteiger partial charge in [-0.3, -0.25) is 0 Å². The monoisotopic (exact) mass is 416 g/mol. The number of hydrogen-bond acceptors (Lipinski definition) is 2. The largest absolute Gasteiger partial charge is 0.465 e. The zero-order chi connectivity index (χ0) is 21.5. The molecule has 150 valence electrons. The van der Waals surface area contributed by atoms with Gasteiger partial charge in [0, 0.05) is 28.4 Å². The molecule has 1 atom stereocenters. The number of amides is 1. The van der Waals surface area contributed by atoms with Crippen molar-refractivity contribution in [2.24, 2.45) is 0 Å². The molecule has 4 nitrogen and oxygen atoms in total. The van der Waals surface area contributed by atoms with Crippen LogP contribution in [0.2, 0.25) is 5.02 Å². The lowest BCUT2D eigenvalue weighted by atomic mass is 10.0. The number of rotatable bonds is 4. The smallest absolute Gasteiger partial charge is 0.405 e. The average molecular weight is 417 g/mol. The summed E-state index contributed by atoms with van der Waals surface area (Å²) in [5.41, 5.74) is 5.65. The van der Waals surface area contributed by atoms with Gasteiger partial charge in [-0.1, -0.05) is 53.9 Å². The minimum Gasteiger partial charge on any atom is -0.465 e. The van der Waals surface area contributed by atoms with E-state index in [1.165, 1.54) is 0 Å². The SMILES string of the molecule is C/C(=C\[C@H](C)NC(=O)O)c1ccc(C#Cc2ccc(-c3ccc(Cl)cc3)cn2)cc1. The predicted molar refractivity (Wildman–Crippen MR) is 121 cm³/mol. The Hall–Kier alpha value is -3.55. The quantitative estimate of drug-likeness (QED) is 0.523. The van der Waals surface area contributed by atoms with Crippen LogP contribution in [0.15, 0.2) is 72.9 Å². The van der Waals surface area contributed by atoms with Crippen molar-refractivity contribution in [3.8, 4) is 23.0 Å². The highest BCUT2D eigenvalue weighted by molar-refractivity contribution is 6.30. The lowest BCUT2D eigenvalue weighted by Gasteiger charge is -2.08. The Labute approximate surface area is 181 Å². The summed E-state index contributed by atoms with van der Waals surface area (Å²) in [6.07, 6.45) is 2.64. The Balaban J connectivity index is 1.68. The Morgan fingerprint density at radius 1 is 1.03 bits per heavy atom. The van der Waals surface area contributed by atoms with Gasteiger partial charge < -0.3 is 10.4 Å². The van der Waals surface area contributed by atoms with E-state index in [9.17, 15) is 4.79 Å². The van der Waals surface area contributed by atoms with Crippen molar-refractivity contribution in [1.29, 1.82) is 0 Å². The number of pyridine rings is 1. The van der Waals surface area contributed by atoms with Crippen LogP contribution >= 0.6 is 11.6 Å². The van der Waals surface area contributed by atoms with Gasteiger partial charge in [0.1, 0.15) is 5.69 Å². The van der Waals surface area contributed by atoms with E-state index in [-0.39, 0.29) is 6.04 Å². The molecule has 0 aliphatic carbocycles. The average Bonchev–Trinajstić information content (AvgIpc) is 2.73. The molecule has 0 saturated heterocycles. The first-order chi connectivity index (χ1) is 14.4. The molecule has 1 amide bonds. The van der Waals surface area contributed by atoms with Crippen LogP contribution in [-0.4, -0.2) is 22.2 Å². The molecule has 0 spiro atoms. The van der Waals surface area contributed by atoms with Crippen LogP contribution in [0.1, 0.15) is 30.7 Å². The molecule has 0 aliphatic heterocycles. The number of carboxylic acid groups (broad SMARTS) is 1. The molecule has 1 heterocycles. The van der Waals surface area contributed by atoms with Gasteiger partial charge in [-0.05, 0) is 66.8 Å². The fourth-order valence-corrected chi connectivity index (χ4v) is 3.07. The highest BCUT2D eigenvalue weighted by Gasteiger charge is 2.03. The van der Waals surface area contributed by atoms with Gasteiger partial charge in [0.2, 0.25) is 0 Å². The highest BCUT2D eigenvalue weighted by Crippen LogP contribution is 2.21. The van der Waals surface area contributed by atoms with Gasteiger partial charge in [-0.15, -0.1) is 0 Å². The normalized spacial score (nSPS) is 11.9. The number of aromatic nitrogens is 1. The van der Waals surface area contributed by atoms with Crippen molar-refractivity contribution in [2.75, 3.05) is 0 Å². The van der Waals surface area contributed by atoms with Crippen LogP contribution in [0.3, 0.4) is 0 Å². The zero-order valence-electron chi connectivity index (χ0n) is 16.7. The summed E-state index contributed by atoms with van der Waals surface area (Å²) in [6, 6.07) is 19.1. The zero-order valence-corrected chi connectivity index (χ0v) is 17.4. The molecule has 3 aromatic rings. The van der Waals surface area contributed by atoms with Gasteiger partial charge in [-0.25, -0.2) is 9.78 Å². The van der Waals surface area contributed by atoms with Crippen molar-refractivity contribution in [1.82, 2.24) is 10.3 Å². The lowest BCUT2D eigenvalue weighted by Crippen LogP contribution is -2.29. The van der Waals surface area contributed by atoms with Gasteiger partial charge in [0.15, 0.2) is 0 Å². The molecule has 0 saturated carbocycles. The fraction of sp³-hybridized carbons (Fsp3) is 0.120. The van der Waals surface area contributed by atoms with Crippen molar-refractivity contribution in [2.45, 2.75) is 19.9 Å². The van der Waals surface area contributed by atoms with Crippen molar-refractivity contribution in [3.05, 3.63) is 94.8 Å². The van der Waals surface area contributed by atoms with Crippen molar-refractivity contribution >= 4 is 23.3 Å². The molecule has 2 N–H and O–H groups in total. The standard InChI is InChI=1S/C25H21ClN2O2/c1-17(15-18(2)28-25(29)30)20-6-3-19(4-7-20)5-13-24-14-10-22(16-27-24)21-8-11-23(26)12-9-21/h3-4,6-12,14-16,18,28H,1-2H3,(H,29,30)/b17-15+/t18-/m0/s1. The molecule has 0 bridgehead atoms. The number of nitrogens with one attached hydrogen (secondary N) is 1. The van der Waals surface area contributed by atoms with Crippen LogP contribution in [0.4, 0.5) is 4.79 Å². The number of carbonyl (C=O) groups is 1. The molecule has 0 unspecified atom stereocenters. The Bertz CT molecular complexity index is 1110. The Kier molecular flexibility index (Phi) is 6.90. The maximum absolute atomic E-state index is 10.7. The van der Waals surface area contributed by atoms with Crippen LogP contribution in [0.5, 0.6) is 0 Å². The maximum Gasteiger partial charge on any atom is 0.405 e. The molecule has 0 fully saturated rings. The number of halogens is 1. The molecule has 30 heavy (non-hydrogen) atoms. The first kappa shape index (κ1) is 21.2. The van der Waals surface area contributed by atoms with E-state index in [0.717, 1.165) is 27.8 Å². The van der Waals surface area contributed by atoms with Gasteiger partial charge >= 0.3 is 6.09 Å². The topological polar surface area (TPSA) is 62.2 Å². The lowest BCUT2D eigenvalue weighted by molar-refractivity contribution is 0.193. The maximum atomic E-state index is 10.7. The minimum absolute atomic E-state index is 0.260. The predicted octanol–water partition coefficient (Wildman–Crippen LogP) is 5.86. The van der Waals surface area contributed by atoms with Crippen LogP contribution < -0.4 is 5.32 Å². The second kappa shape index (κ2) is 9.78. The summed E-state index contributed by atoms with van der Waals surface area (Å²) in [6.45, 7) is 3.75. The summed E-state index contributed by atoms with van der Waals surface area (Å²) >= 11 is 5.93. The van der Waals surface area contributed by atoms with E-state index >= 15 is 0 Å². The molecule has 0 radical (unpaired) electrons. The van der Waals surface area contributed by atoms with Gasteiger partial charge in [0.05, 0.1) is 0 Å². The third kappa shape index (κ3) is 5.97. The van der Waals surface area contributed by atoms with E-state index in [2.05, 4.69) is 22.1 Å². The summed E-state index contributed by atoms with van der Waals surface area (Å²) in [5, 5.41) is 11.9. The molecule has 5 heteroatoms. The summed E-state index contributed by atoms with van der Waals surface area (Å²) < 4.78 is 0. The summed E-state index contributed by atoms with van der Waals surface area (Å²) in [5.74, 6) is 6.20. The number of benzene rings is 2. The summed E-state index contributed by atoms with van der Waals surface area (Å²) in [4.78, 5) is 15.1. The van der Waals surface area contributed by atoms with E-state index < -0.39 is 6.09 Å². The highest BCUT2D eigenvalue weighted by atomic mass is 35.5. The van der Waals surface area contributed by atoms with E-state index in [4.69, 9.17) is 16.7 Å². The summed E-state index contributed by atoms with van der Waals surface area (Å²) in [7, 11) is 0. The number of allylic oxidation sites excluding steroid dienone is 1. The van der Waals surface area contributed by atoms with E-state index in [0.29, 0.717) is 10.7 Å². The van der Waals surface area contributed by atoms with Gasteiger partial charge in [0.25, 0.3) is 0 Å². The molecular formula is C25H21ClN2O2. The second-order valence-corrected chi connectivity index (χ2v) is 7.29. The van der Waals surface area contributed by atoms with Crippen LogP contribution in [0.25, 0.3) is 16.7 Å². The molecule has 2 aromatic carbocycles. The van der Waals surface area contributed by atoms with E-state index in [1.807, 2.05) is 73.7 Å². The van der Waals surface area contributed by atoms with Crippen molar-refractivity contribution < 1.29 is 9.90 Å². The first-order valence-corrected chi connectivity index (χ1v) is 9.81. The third-order valence-corrected chi connectivity index (χ3v) is 4.72. The van der Waals surface area contributed by atoms with Crippen molar-refractivity contribution in [3.63, 3.8) is 0 Å². The third-order valence-electron chi connectivity index (χ3n) is 4.47. The van der Waals surface area contributed by atoms with E-state index in [1.54, 1.807) is 13.1 Å². The number of hydrogen-bond donors (Lipinski definition) is 2. The first-order valence-electron chi connectivity index (χ1n) is 9.43.